The smallest absolute Gasteiger partial charge is 0.256 e. The number of fused-ring (bicyclic) bond motifs is 3. The third-order valence-electron chi connectivity index (χ3n) is 4.27. The van der Waals surface area contributed by atoms with Gasteiger partial charge in [-0.15, -0.1) is 0 Å². The van der Waals surface area contributed by atoms with Crippen molar-refractivity contribution in [2.75, 3.05) is 0 Å². The van der Waals surface area contributed by atoms with Gasteiger partial charge in [0.05, 0.1) is 17.0 Å². The molecule has 1 aromatic heterocycles. The van der Waals surface area contributed by atoms with Crippen molar-refractivity contribution >= 4 is 10.9 Å². The Balaban J connectivity index is 2.10. The number of nitrogens with two attached hydrogens (primary N) is 1. The van der Waals surface area contributed by atoms with Gasteiger partial charge in [-0.1, -0.05) is 24.3 Å². The second-order valence-electron chi connectivity index (χ2n) is 5.72. The first-order valence-electron chi connectivity index (χ1n) is 7.58. The number of benzene rings is 2. The normalized spacial score (nSPS) is 16.2. The van der Waals surface area contributed by atoms with Crippen LogP contribution in [0.4, 0.5) is 4.39 Å². The first-order chi connectivity index (χ1) is 12.1. The van der Waals surface area contributed by atoms with Gasteiger partial charge >= 0.3 is 0 Å². The Bertz CT molecular complexity index is 1140. The van der Waals surface area contributed by atoms with Gasteiger partial charge in [-0.05, 0) is 29.8 Å². The van der Waals surface area contributed by atoms with E-state index in [0.717, 1.165) is 0 Å². The minimum absolute atomic E-state index is 0.0823. The van der Waals surface area contributed by atoms with Crippen molar-refractivity contribution in [2.24, 2.45) is 5.73 Å². The predicted octanol–water partition coefficient (Wildman–Crippen LogP) is 2.89. The van der Waals surface area contributed by atoms with Crippen LogP contribution in [0.5, 0.6) is 5.75 Å². The summed E-state index contributed by atoms with van der Waals surface area (Å²) in [4.78, 5) is 15.5. The fourth-order valence-corrected chi connectivity index (χ4v) is 3.19. The van der Waals surface area contributed by atoms with Gasteiger partial charge in [-0.25, -0.2) is 4.39 Å². The number of para-hydroxylation sites is 1. The molecule has 1 aliphatic heterocycles. The summed E-state index contributed by atoms with van der Waals surface area (Å²) in [6.07, 6.45) is 0. The SMILES string of the molecule is N#CC1=C(N)Oc2c(c(=O)[nH]c3ccccc23)[C@H]1c1cccc(F)c1. The van der Waals surface area contributed by atoms with Crippen LogP contribution in [-0.2, 0) is 0 Å². The number of nitriles is 1. The lowest BCUT2D eigenvalue weighted by Gasteiger charge is -2.26. The summed E-state index contributed by atoms with van der Waals surface area (Å²) < 4.78 is 19.4. The lowest BCUT2D eigenvalue weighted by molar-refractivity contribution is 0.397. The molecule has 1 aliphatic rings. The standard InChI is InChI=1S/C19H12FN3O2/c20-11-5-3-4-10(8-11)15-13(9-21)18(22)25-17-12-6-1-2-7-14(12)23-19(24)16(15)17/h1-8,15H,22H2,(H,23,24)/t15-/m0/s1. The van der Waals surface area contributed by atoms with Gasteiger partial charge in [-0.3, -0.25) is 4.79 Å². The van der Waals surface area contributed by atoms with Gasteiger partial charge in [-0.2, -0.15) is 5.26 Å². The molecule has 5 nitrogen and oxygen atoms in total. The van der Waals surface area contributed by atoms with E-state index < -0.39 is 17.3 Å². The molecule has 2 aromatic carbocycles. The van der Waals surface area contributed by atoms with Crippen molar-refractivity contribution in [1.29, 1.82) is 5.26 Å². The summed E-state index contributed by atoms with van der Waals surface area (Å²) >= 11 is 0. The van der Waals surface area contributed by atoms with Crippen LogP contribution in [0, 0.1) is 17.1 Å². The molecule has 6 heteroatoms. The first-order valence-corrected chi connectivity index (χ1v) is 7.58. The maximum absolute atomic E-state index is 13.7. The van der Waals surface area contributed by atoms with E-state index in [0.29, 0.717) is 22.2 Å². The quantitative estimate of drug-likeness (QED) is 0.716. The molecule has 1 atom stereocenters. The lowest BCUT2D eigenvalue weighted by atomic mass is 9.83. The van der Waals surface area contributed by atoms with Gasteiger partial charge in [0.2, 0.25) is 5.88 Å². The third kappa shape index (κ3) is 2.25. The third-order valence-corrected chi connectivity index (χ3v) is 4.27. The molecule has 122 valence electrons. The highest BCUT2D eigenvalue weighted by molar-refractivity contribution is 5.87. The molecule has 0 spiro atoms. The number of rotatable bonds is 1. The van der Waals surface area contributed by atoms with Gasteiger partial charge in [0, 0.05) is 5.39 Å². The Labute approximate surface area is 141 Å². The second-order valence-corrected chi connectivity index (χ2v) is 5.72. The Kier molecular flexibility index (Phi) is 3.29. The number of halogens is 1. The van der Waals surface area contributed by atoms with E-state index >= 15 is 0 Å². The predicted molar refractivity (Wildman–Crippen MR) is 90.3 cm³/mol. The van der Waals surface area contributed by atoms with E-state index in [2.05, 4.69) is 4.98 Å². The zero-order chi connectivity index (χ0) is 17.6. The van der Waals surface area contributed by atoms with Gasteiger partial charge in [0.15, 0.2) is 0 Å². The number of allylic oxidation sites excluding steroid dienone is 1. The minimum Gasteiger partial charge on any atom is -0.439 e. The number of nitrogens with one attached hydrogen (secondary N) is 1. The average molecular weight is 333 g/mol. The van der Waals surface area contributed by atoms with Crippen molar-refractivity contribution in [3.63, 3.8) is 0 Å². The van der Waals surface area contributed by atoms with Crippen molar-refractivity contribution in [3.05, 3.63) is 87.3 Å². The molecule has 0 bridgehead atoms. The Hall–Kier alpha value is -3.59. The van der Waals surface area contributed by atoms with E-state index in [1.165, 1.54) is 18.2 Å². The summed E-state index contributed by atoms with van der Waals surface area (Å²) in [5.74, 6) is -1.04. The summed E-state index contributed by atoms with van der Waals surface area (Å²) in [5.41, 5.74) is 6.93. The molecule has 3 N–H and O–H groups in total. The van der Waals surface area contributed by atoms with E-state index in [1.54, 1.807) is 30.3 Å². The molecule has 3 aromatic rings. The Morgan fingerprint density at radius 3 is 2.76 bits per heavy atom. The minimum atomic E-state index is -0.794. The van der Waals surface area contributed by atoms with E-state index in [1.807, 2.05) is 6.07 Å². The summed E-state index contributed by atoms with van der Waals surface area (Å²) in [6, 6.07) is 14.9. The summed E-state index contributed by atoms with van der Waals surface area (Å²) in [6.45, 7) is 0. The molecule has 0 unspecified atom stereocenters. The van der Waals surface area contributed by atoms with Gasteiger partial charge in [0.25, 0.3) is 5.56 Å². The topological polar surface area (TPSA) is 91.9 Å². The fourth-order valence-electron chi connectivity index (χ4n) is 3.19. The van der Waals surface area contributed by atoms with Crippen LogP contribution in [0.25, 0.3) is 10.9 Å². The van der Waals surface area contributed by atoms with Crippen LogP contribution in [-0.4, -0.2) is 4.98 Å². The molecule has 4 rings (SSSR count). The Morgan fingerprint density at radius 2 is 2.00 bits per heavy atom. The monoisotopic (exact) mass is 333 g/mol. The molecule has 0 radical (unpaired) electrons. The summed E-state index contributed by atoms with van der Waals surface area (Å²) in [5, 5.41) is 10.2. The average Bonchev–Trinajstić information content (AvgIpc) is 2.60. The zero-order valence-electron chi connectivity index (χ0n) is 12.9. The van der Waals surface area contributed by atoms with E-state index in [9.17, 15) is 14.4 Å². The molecule has 25 heavy (non-hydrogen) atoms. The summed E-state index contributed by atoms with van der Waals surface area (Å²) in [7, 11) is 0. The lowest BCUT2D eigenvalue weighted by Crippen LogP contribution is -2.27. The number of H-pyrrole nitrogens is 1. The van der Waals surface area contributed by atoms with Crippen molar-refractivity contribution in [3.8, 4) is 11.8 Å². The van der Waals surface area contributed by atoms with E-state index in [4.69, 9.17) is 10.5 Å². The first kappa shape index (κ1) is 15.0. The van der Waals surface area contributed by atoms with Crippen LogP contribution < -0.4 is 16.0 Å². The van der Waals surface area contributed by atoms with Crippen LogP contribution in [0.1, 0.15) is 17.0 Å². The number of nitrogens with zero attached hydrogens (tertiary/aromatic N) is 1. The van der Waals surface area contributed by atoms with Crippen LogP contribution in [0.3, 0.4) is 0 Å². The van der Waals surface area contributed by atoms with Crippen molar-refractivity contribution in [2.45, 2.75) is 5.92 Å². The highest BCUT2D eigenvalue weighted by Crippen LogP contribution is 2.42. The molecule has 0 amide bonds. The number of hydrogen-bond donors (Lipinski definition) is 2. The molecule has 0 aliphatic carbocycles. The highest BCUT2D eigenvalue weighted by Gasteiger charge is 2.34. The van der Waals surface area contributed by atoms with Crippen LogP contribution in [0.15, 0.2) is 64.8 Å². The number of aromatic amines is 1. The molecular weight excluding hydrogens is 321 g/mol. The maximum atomic E-state index is 13.7. The molecular formula is C19H12FN3O2. The molecule has 0 saturated carbocycles. The van der Waals surface area contributed by atoms with Gasteiger partial charge < -0.3 is 15.5 Å². The van der Waals surface area contributed by atoms with Crippen molar-refractivity contribution in [1.82, 2.24) is 4.98 Å². The largest absolute Gasteiger partial charge is 0.439 e. The maximum Gasteiger partial charge on any atom is 0.256 e. The van der Waals surface area contributed by atoms with Crippen LogP contribution >= 0.6 is 0 Å². The number of pyridine rings is 1. The van der Waals surface area contributed by atoms with Crippen LogP contribution in [0.2, 0.25) is 0 Å². The number of aromatic nitrogens is 1. The highest BCUT2D eigenvalue weighted by atomic mass is 19.1. The Morgan fingerprint density at radius 1 is 1.20 bits per heavy atom. The molecule has 2 heterocycles. The van der Waals surface area contributed by atoms with Crippen molar-refractivity contribution < 1.29 is 9.13 Å². The fraction of sp³-hybridized carbons (Fsp3) is 0.0526. The zero-order valence-corrected chi connectivity index (χ0v) is 12.9. The molecule has 0 saturated heterocycles. The second kappa shape index (κ2) is 5.49. The van der Waals surface area contributed by atoms with E-state index in [-0.39, 0.29) is 17.0 Å². The number of ether oxygens (including phenoxy) is 1. The van der Waals surface area contributed by atoms with Gasteiger partial charge in [0.1, 0.15) is 23.2 Å². The number of hydrogen-bond acceptors (Lipinski definition) is 4. The molecule has 0 fully saturated rings.